The predicted octanol–water partition coefficient (Wildman–Crippen LogP) is 0.466. The number of carbonyl (C=O) groups excluding carboxylic acids is 1. The molecular weight excluding hydrogens is 256 g/mol. The molecule has 0 N–H and O–H groups in total. The van der Waals surface area contributed by atoms with E-state index in [1.54, 1.807) is 0 Å². The van der Waals surface area contributed by atoms with Crippen molar-refractivity contribution in [3.8, 4) is 0 Å². The molecular formula is C14H22N4O2. The van der Waals surface area contributed by atoms with Crippen molar-refractivity contribution in [1.82, 2.24) is 19.4 Å². The topological polar surface area (TPSA) is 50.6 Å². The second-order valence-corrected chi connectivity index (χ2v) is 5.84. The van der Waals surface area contributed by atoms with Crippen molar-refractivity contribution in [2.45, 2.75) is 38.6 Å². The minimum absolute atomic E-state index is 0.130. The maximum Gasteiger partial charge on any atom is 0.252 e. The summed E-state index contributed by atoms with van der Waals surface area (Å²) in [6.45, 7) is 3.73. The molecule has 6 nitrogen and oxygen atoms in total. The smallest absolute Gasteiger partial charge is 0.252 e. The van der Waals surface area contributed by atoms with E-state index in [9.17, 15) is 4.79 Å². The zero-order valence-electron chi connectivity index (χ0n) is 12.2. The van der Waals surface area contributed by atoms with Gasteiger partial charge in [-0.25, -0.2) is 4.98 Å². The lowest BCUT2D eigenvalue weighted by molar-refractivity contribution is -0.142. The number of fused-ring (bicyclic) bond motifs is 1. The molecule has 0 aliphatic carbocycles. The first-order valence-electron chi connectivity index (χ1n) is 7.23. The SMILES string of the molecule is CN(C)Cc1cn2c(n1)CN(C(=O)C1CCCO1)CC2. The Labute approximate surface area is 119 Å². The summed E-state index contributed by atoms with van der Waals surface area (Å²) < 4.78 is 7.65. The Morgan fingerprint density at radius 3 is 3.05 bits per heavy atom. The first kappa shape index (κ1) is 13.6. The summed E-state index contributed by atoms with van der Waals surface area (Å²) >= 11 is 0. The van der Waals surface area contributed by atoms with Gasteiger partial charge in [0.1, 0.15) is 11.9 Å². The van der Waals surface area contributed by atoms with Crippen molar-refractivity contribution in [2.24, 2.45) is 0 Å². The zero-order chi connectivity index (χ0) is 14.1. The molecule has 1 aromatic rings. The molecule has 2 aliphatic rings. The van der Waals surface area contributed by atoms with Crippen LogP contribution in [0.4, 0.5) is 0 Å². The lowest BCUT2D eigenvalue weighted by Crippen LogP contribution is -2.43. The number of aromatic nitrogens is 2. The van der Waals surface area contributed by atoms with Crippen molar-refractivity contribution in [2.75, 3.05) is 27.2 Å². The highest BCUT2D eigenvalue weighted by molar-refractivity contribution is 5.81. The number of rotatable bonds is 3. The second kappa shape index (κ2) is 5.54. The van der Waals surface area contributed by atoms with Crippen molar-refractivity contribution in [3.63, 3.8) is 0 Å². The van der Waals surface area contributed by atoms with Crippen LogP contribution in [0.1, 0.15) is 24.4 Å². The second-order valence-electron chi connectivity index (χ2n) is 5.84. The monoisotopic (exact) mass is 278 g/mol. The number of ether oxygens (including phenoxy) is 1. The van der Waals surface area contributed by atoms with E-state index >= 15 is 0 Å². The summed E-state index contributed by atoms with van der Waals surface area (Å²) in [5.74, 6) is 1.12. The zero-order valence-corrected chi connectivity index (χ0v) is 12.2. The Balaban J connectivity index is 1.68. The van der Waals surface area contributed by atoms with Gasteiger partial charge in [0, 0.05) is 32.4 Å². The largest absolute Gasteiger partial charge is 0.368 e. The van der Waals surface area contributed by atoms with Gasteiger partial charge >= 0.3 is 0 Å². The van der Waals surface area contributed by atoms with Crippen LogP contribution >= 0.6 is 0 Å². The molecule has 3 heterocycles. The molecule has 1 fully saturated rings. The van der Waals surface area contributed by atoms with Gasteiger partial charge in [-0.1, -0.05) is 0 Å². The molecule has 20 heavy (non-hydrogen) atoms. The fraction of sp³-hybridized carbons (Fsp3) is 0.714. The van der Waals surface area contributed by atoms with Crippen molar-refractivity contribution < 1.29 is 9.53 Å². The van der Waals surface area contributed by atoms with Crippen LogP contribution in [0.2, 0.25) is 0 Å². The third-order valence-corrected chi connectivity index (χ3v) is 3.85. The van der Waals surface area contributed by atoms with Gasteiger partial charge in [-0.2, -0.15) is 0 Å². The first-order chi connectivity index (χ1) is 9.63. The van der Waals surface area contributed by atoms with Gasteiger partial charge < -0.3 is 19.1 Å². The van der Waals surface area contributed by atoms with Crippen LogP contribution in [0, 0.1) is 0 Å². The molecule has 2 aliphatic heterocycles. The average Bonchev–Trinajstić information content (AvgIpc) is 3.04. The molecule has 0 spiro atoms. The van der Waals surface area contributed by atoms with E-state index in [2.05, 4.69) is 20.6 Å². The van der Waals surface area contributed by atoms with Crippen LogP contribution in [-0.4, -0.2) is 58.6 Å². The average molecular weight is 278 g/mol. The highest BCUT2D eigenvalue weighted by atomic mass is 16.5. The fourth-order valence-electron chi connectivity index (χ4n) is 2.88. The van der Waals surface area contributed by atoms with Crippen LogP contribution in [0.3, 0.4) is 0 Å². The third kappa shape index (κ3) is 2.71. The van der Waals surface area contributed by atoms with E-state index < -0.39 is 0 Å². The number of hydrogen-bond donors (Lipinski definition) is 0. The van der Waals surface area contributed by atoms with Gasteiger partial charge in [0.25, 0.3) is 5.91 Å². The Bertz CT molecular complexity index is 491. The van der Waals surface area contributed by atoms with Gasteiger partial charge in [0.05, 0.1) is 12.2 Å². The normalized spacial score (nSPS) is 22.4. The maximum absolute atomic E-state index is 12.4. The van der Waals surface area contributed by atoms with E-state index in [0.29, 0.717) is 13.2 Å². The Morgan fingerprint density at radius 1 is 1.50 bits per heavy atom. The lowest BCUT2D eigenvalue weighted by Gasteiger charge is -2.29. The molecule has 3 rings (SSSR count). The highest BCUT2D eigenvalue weighted by Gasteiger charge is 2.30. The van der Waals surface area contributed by atoms with Gasteiger partial charge in [-0.05, 0) is 26.9 Å². The lowest BCUT2D eigenvalue weighted by atomic mass is 10.2. The Hall–Kier alpha value is -1.40. The van der Waals surface area contributed by atoms with Crippen LogP contribution in [-0.2, 0) is 29.2 Å². The van der Waals surface area contributed by atoms with E-state index in [4.69, 9.17) is 4.74 Å². The van der Waals surface area contributed by atoms with Crippen LogP contribution < -0.4 is 0 Å². The molecule has 110 valence electrons. The van der Waals surface area contributed by atoms with Gasteiger partial charge in [-0.3, -0.25) is 4.79 Å². The van der Waals surface area contributed by atoms with Crippen LogP contribution in [0.15, 0.2) is 6.20 Å². The third-order valence-electron chi connectivity index (χ3n) is 3.85. The molecule has 1 aromatic heterocycles. The van der Waals surface area contributed by atoms with Gasteiger partial charge in [0.2, 0.25) is 0 Å². The standard InChI is InChI=1S/C14H22N4O2/c1-16(2)8-11-9-17-5-6-18(10-13(17)15-11)14(19)12-4-3-7-20-12/h9,12H,3-8,10H2,1-2H3. The maximum atomic E-state index is 12.4. The number of amides is 1. The Morgan fingerprint density at radius 2 is 2.35 bits per heavy atom. The molecule has 1 unspecified atom stereocenters. The van der Waals surface area contributed by atoms with Gasteiger partial charge in [-0.15, -0.1) is 0 Å². The van der Waals surface area contributed by atoms with Crippen molar-refractivity contribution >= 4 is 5.91 Å². The molecule has 0 aromatic carbocycles. The number of nitrogens with zero attached hydrogens (tertiary/aromatic N) is 4. The molecule has 1 saturated heterocycles. The van der Waals surface area contributed by atoms with E-state index in [0.717, 1.165) is 44.0 Å². The summed E-state index contributed by atoms with van der Waals surface area (Å²) in [4.78, 5) is 21.0. The minimum Gasteiger partial charge on any atom is -0.368 e. The molecule has 0 radical (unpaired) electrons. The van der Waals surface area contributed by atoms with Crippen LogP contribution in [0.25, 0.3) is 0 Å². The quantitative estimate of drug-likeness (QED) is 0.806. The fourth-order valence-corrected chi connectivity index (χ4v) is 2.88. The molecule has 0 bridgehead atoms. The number of hydrogen-bond acceptors (Lipinski definition) is 4. The van der Waals surface area contributed by atoms with Crippen LogP contribution in [0.5, 0.6) is 0 Å². The predicted molar refractivity (Wildman–Crippen MR) is 74.0 cm³/mol. The molecule has 1 amide bonds. The summed E-state index contributed by atoms with van der Waals surface area (Å²) in [5.41, 5.74) is 1.07. The summed E-state index contributed by atoms with van der Waals surface area (Å²) in [5, 5.41) is 0. The number of carbonyl (C=O) groups is 1. The van der Waals surface area contributed by atoms with Gasteiger partial charge in [0.15, 0.2) is 0 Å². The first-order valence-corrected chi connectivity index (χ1v) is 7.23. The highest BCUT2D eigenvalue weighted by Crippen LogP contribution is 2.19. The summed E-state index contributed by atoms with van der Waals surface area (Å²) in [6.07, 6.45) is 3.72. The van der Waals surface area contributed by atoms with Crippen molar-refractivity contribution in [1.29, 1.82) is 0 Å². The van der Waals surface area contributed by atoms with E-state index in [-0.39, 0.29) is 12.0 Å². The van der Waals surface area contributed by atoms with Crippen molar-refractivity contribution in [3.05, 3.63) is 17.7 Å². The molecule has 1 atom stereocenters. The summed E-state index contributed by atoms with van der Waals surface area (Å²) in [6, 6.07) is 0. The van der Waals surface area contributed by atoms with E-state index in [1.165, 1.54) is 0 Å². The molecule has 6 heteroatoms. The summed E-state index contributed by atoms with van der Waals surface area (Å²) in [7, 11) is 4.07. The van der Waals surface area contributed by atoms with E-state index in [1.807, 2.05) is 19.0 Å². The Kier molecular flexibility index (Phi) is 3.76. The number of imidazole rings is 1. The molecule has 0 saturated carbocycles. The minimum atomic E-state index is -0.224.